The van der Waals surface area contributed by atoms with Crippen LogP contribution in [-0.4, -0.2) is 42.8 Å². The number of piperazine rings is 1. The normalized spacial score (nSPS) is 15.1. The molecular weight excluding hydrogens is 427 g/mol. The molecule has 29 heavy (non-hydrogen) atoms. The molecule has 1 fully saturated rings. The largest absolute Gasteiger partial charge is 0.396 e. The standard InChI is InChI=1S/C23H27Cl3N2O/c24-18-8-4-5-11-21(18)27-13-15-28(16-14-27)22(12-3-1-2-6-17-29)23-19(25)9-7-10-20(23)26/h4-5,7-12,29H,1-3,6,13-17H2/b22-12+. The topological polar surface area (TPSA) is 26.7 Å². The highest BCUT2D eigenvalue weighted by molar-refractivity contribution is 6.37. The van der Waals surface area contributed by atoms with Crippen molar-refractivity contribution in [2.24, 2.45) is 0 Å². The summed E-state index contributed by atoms with van der Waals surface area (Å²) in [6, 6.07) is 13.6. The second-order valence-corrected chi connectivity index (χ2v) is 8.41. The van der Waals surface area contributed by atoms with Crippen molar-refractivity contribution in [2.45, 2.75) is 25.7 Å². The second kappa shape index (κ2) is 11.1. The van der Waals surface area contributed by atoms with Crippen molar-refractivity contribution >= 4 is 46.2 Å². The monoisotopic (exact) mass is 452 g/mol. The van der Waals surface area contributed by atoms with Crippen LogP contribution in [0.3, 0.4) is 0 Å². The summed E-state index contributed by atoms with van der Waals surface area (Å²) >= 11 is 19.5. The third-order valence-electron chi connectivity index (χ3n) is 5.23. The quantitative estimate of drug-likeness (QED) is 0.471. The Morgan fingerprint density at radius 1 is 0.828 bits per heavy atom. The number of unbranched alkanes of at least 4 members (excludes halogenated alkanes) is 3. The zero-order valence-electron chi connectivity index (χ0n) is 16.5. The molecule has 0 unspecified atom stereocenters. The van der Waals surface area contributed by atoms with Crippen LogP contribution >= 0.6 is 34.8 Å². The Labute approximate surface area is 188 Å². The summed E-state index contributed by atoms with van der Waals surface area (Å²) in [6.45, 7) is 3.75. The Bertz CT molecular complexity index is 812. The maximum Gasteiger partial charge on any atom is 0.0639 e. The number of benzene rings is 2. The van der Waals surface area contributed by atoms with E-state index in [1.807, 2.05) is 36.4 Å². The molecule has 1 saturated heterocycles. The molecule has 3 rings (SSSR count). The molecule has 6 heteroatoms. The van der Waals surface area contributed by atoms with Gasteiger partial charge in [0.1, 0.15) is 0 Å². The molecule has 2 aromatic rings. The van der Waals surface area contributed by atoms with Gasteiger partial charge in [0.05, 0.1) is 20.8 Å². The predicted octanol–water partition coefficient (Wildman–Crippen LogP) is 6.36. The van der Waals surface area contributed by atoms with Gasteiger partial charge in [0.2, 0.25) is 0 Å². The third kappa shape index (κ3) is 5.82. The van der Waals surface area contributed by atoms with Crippen LogP contribution in [0.15, 0.2) is 48.5 Å². The molecule has 0 radical (unpaired) electrons. The van der Waals surface area contributed by atoms with E-state index in [1.165, 1.54) is 0 Å². The highest BCUT2D eigenvalue weighted by Gasteiger charge is 2.23. The van der Waals surface area contributed by atoms with Gasteiger partial charge in [-0.3, -0.25) is 0 Å². The Morgan fingerprint density at radius 2 is 1.48 bits per heavy atom. The first-order valence-electron chi connectivity index (χ1n) is 10.1. The van der Waals surface area contributed by atoms with Crippen LogP contribution in [0, 0.1) is 0 Å². The lowest BCUT2D eigenvalue weighted by Crippen LogP contribution is -2.45. The zero-order valence-corrected chi connectivity index (χ0v) is 18.7. The molecule has 1 heterocycles. The minimum Gasteiger partial charge on any atom is -0.396 e. The van der Waals surface area contributed by atoms with E-state index in [0.29, 0.717) is 10.0 Å². The number of aliphatic hydroxyl groups is 1. The lowest BCUT2D eigenvalue weighted by molar-refractivity contribution is 0.283. The average Bonchev–Trinajstić information content (AvgIpc) is 2.73. The van der Waals surface area contributed by atoms with E-state index in [-0.39, 0.29) is 6.61 Å². The number of para-hydroxylation sites is 1. The predicted molar refractivity (Wildman–Crippen MR) is 125 cm³/mol. The van der Waals surface area contributed by atoms with Gasteiger partial charge in [-0.2, -0.15) is 0 Å². The van der Waals surface area contributed by atoms with E-state index in [1.54, 1.807) is 0 Å². The second-order valence-electron chi connectivity index (χ2n) is 7.18. The van der Waals surface area contributed by atoms with Crippen LogP contribution in [0.5, 0.6) is 0 Å². The molecule has 1 aliphatic rings. The number of nitrogens with zero attached hydrogens (tertiary/aromatic N) is 2. The molecule has 2 aromatic carbocycles. The molecular formula is C23H27Cl3N2O. The van der Waals surface area contributed by atoms with Crippen LogP contribution in [0.4, 0.5) is 5.69 Å². The first-order valence-corrected chi connectivity index (χ1v) is 11.2. The molecule has 0 aromatic heterocycles. The van der Waals surface area contributed by atoms with Crippen LogP contribution in [0.1, 0.15) is 31.2 Å². The van der Waals surface area contributed by atoms with Crippen LogP contribution in [-0.2, 0) is 0 Å². The minimum atomic E-state index is 0.247. The maximum absolute atomic E-state index is 9.00. The van der Waals surface area contributed by atoms with Gasteiger partial charge in [-0.05, 0) is 43.5 Å². The Balaban J connectivity index is 1.77. The number of hydrogen-bond donors (Lipinski definition) is 1. The van der Waals surface area contributed by atoms with Crippen molar-refractivity contribution in [3.8, 4) is 0 Å². The van der Waals surface area contributed by atoms with Crippen molar-refractivity contribution in [1.29, 1.82) is 0 Å². The van der Waals surface area contributed by atoms with Gasteiger partial charge in [0.25, 0.3) is 0 Å². The third-order valence-corrected chi connectivity index (χ3v) is 6.18. The number of rotatable bonds is 8. The van der Waals surface area contributed by atoms with Crippen molar-refractivity contribution in [1.82, 2.24) is 4.90 Å². The fraction of sp³-hybridized carbons (Fsp3) is 0.391. The molecule has 0 aliphatic carbocycles. The molecule has 1 aliphatic heterocycles. The molecule has 3 nitrogen and oxygen atoms in total. The fourth-order valence-corrected chi connectivity index (χ4v) is 4.55. The van der Waals surface area contributed by atoms with Gasteiger partial charge in [-0.1, -0.05) is 65.5 Å². The molecule has 0 spiro atoms. The van der Waals surface area contributed by atoms with E-state index in [0.717, 1.165) is 73.8 Å². The Morgan fingerprint density at radius 3 is 2.14 bits per heavy atom. The molecule has 0 amide bonds. The van der Waals surface area contributed by atoms with E-state index in [4.69, 9.17) is 39.9 Å². The van der Waals surface area contributed by atoms with Crippen molar-refractivity contribution in [3.63, 3.8) is 0 Å². The van der Waals surface area contributed by atoms with Crippen LogP contribution < -0.4 is 4.90 Å². The summed E-state index contributed by atoms with van der Waals surface area (Å²) in [6.07, 6.45) is 6.06. The molecule has 0 bridgehead atoms. The summed E-state index contributed by atoms with van der Waals surface area (Å²) in [5, 5.41) is 11.1. The lowest BCUT2D eigenvalue weighted by atomic mass is 10.1. The van der Waals surface area contributed by atoms with E-state index in [9.17, 15) is 0 Å². The van der Waals surface area contributed by atoms with Gasteiger partial charge in [-0.15, -0.1) is 0 Å². The smallest absolute Gasteiger partial charge is 0.0639 e. The number of hydrogen-bond acceptors (Lipinski definition) is 3. The number of halogens is 3. The maximum atomic E-state index is 9.00. The van der Waals surface area contributed by atoms with E-state index in [2.05, 4.69) is 21.9 Å². The van der Waals surface area contributed by atoms with Gasteiger partial charge < -0.3 is 14.9 Å². The SMILES string of the molecule is OCCCCC/C=C(\c1c(Cl)cccc1Cl)N1CCN(c2ccccc2Cl)CC1. The highest BCUT2D eigenvalue weighted by Crippen LogP contribution is 2.35. The summed E-state index contributed by atoms with van der Waals surface area (Å²) in [7, 11) is 0. The van der Waals surface area contributed by atoms with Crippen LogP contribution in [0.25, 0.3) is 5.70 Å². The fourth-order valence-electron chi connectivity index (χ4n) is 3.70. The minimum absolute atomic E-state index is 0.247. The number of anilines is 1. The van der Waals surface area contributed by atoms with Gasteiger partial charge in [0, 0.05) is 44.0 Å². The summed E-state index contributed by atoms with van der Waals surface area (Å²) < 4.78 is 0. The average molecular weight is 454 g/mol. The highest BCUT2D eigenvalue weighted by atomic mass is 35.5. The molecule has 0 atom stereocenters. The van der Waals surface area contributed by atoms with Gasteiger partial charge >= 0.3 is 0 Å². The summed E-state index contributed by atoms with van der Waals surface area (Å²) in [4.78, 5) is 4.69. The van der Waals surface area contributed by atoms with E-state index >= 15 is 0 Å². The van der Waals surface area contributed by atoms with Crippen molar-refractivity contribution < 1.29 is 5.11 Å². The Hall–Kier alpha value is -1.39. The molecule has 156 valence electrons. The number of allylic oxidation sites excluding steroid dienone is 1. The first-order chi connectivity index (χ1) is 14.1. The summed E-state index contributed by atoms with van der Waals surface area (Å²) in [5.74, 6) is 0. The number of aliphatic hydroxyl groups excluding tert-OH is 1. The zero-order chi connectivity index (χ0) is 20.6. The van der Waals surface area contributed by atoms with Crippen molar-refractivity contribution in [2.75, 3.05) is 37.7 Å². The molecule has 1 N–H and O–H groups in total. The lowest BCUT2D eigenvalue weighted by Gasteiger charge is -2.39. The van der Waals surface area contributed by atoms with E-state index < -0.39 is 0 Å². The van der Waals surface area contributed by atoms with Gasteiger partial charge in [-0.25, -0.2) is 0 Å². The summed E-state index contributed by atoms with van der Waals surface area (Å²) in [5.41, 5.74) is 3.09. The van der Waals surface area contributed by atoms with Gasteiger partial charge in [0.15, 0.2) is 0 Å². The molecule has 0 saturated carbocycles. The van der Waals surface area contributed by atoms with Crippen molar-refractivity contribution in [3.05, 3.63) is 69.2 Å². The Kier molecular flexibility index (Phi) is 8.55. The first kappa shape index (κ1) is 22.3. The van der Waals surface area contributed by atoms with Crippen LogP contribution in [0.2, 0.25) is 15.1 Å².